The number of benzene rings is 2. The van der Waals surface area contributed by atoms with Crippen LogP contribution in [0, 0.1) is 23.6 Å². The predicted octanol–water partition coefficient (Wildman–Crippen LogP) is 5.50. The summed E-state index contributed by atoms with van der Waals surface area (Å²) in [5.41, 5.74) is 2.02. The van der Waals surface area contributed by atoms with Crippen molar-refractivity contribution in [3.63, 3.8) is 0 Å². The van der Waals surface area contributed by atoms with Crippen LogP contribution < -0.4 is 10.1 Å². The molecule has 1 aromatic heterocycles. The fourth-order valence-corrected chi connectivity index (χ4v) is 4.79. The highest BCUT2D eigenvalue weighted by atomic mass is 79.9. The van der Waals surface area contributed by atoms with Gasteiger partial charge in [-0.3, -0.25) is 4.79 Å². The summed E-state index contributed by atoms with van der Waals surface area (Å²) in [6, 6.07) is 8.10. The molecule has 3 aromatic rings. The third-order valence-corrected chi connectivity index (χ3v) is 6.98. The molecule has 34 heavy (non-hydrogen) atoms. The first-order valence-corrected chi connectivity index (χ1v) is 12.5. The maximum atomic E-state index is 13.6. The Morgan fingerprint density at radius 3 is 2.85 bits per heavy atom. The van der Waals surface area contributed by atoms with Gasteiger partial charge in [-0.05, 0) is 42.2 Å². The first-order chi connectivity index (χ1) is 16.5. The molecule has 1 unspecified atom stereocenters. The number of hydrogen-bond donors (Lipinski definition) is 1. The lowest BCUT2D eigenvalue weighted by Crippen LogP contribution is -2.10. The van der Waals surface area contributed by atoms with Crippen molar-refractivity contribution in [3.8, 4) is 5.75 Å². The van der Waals surface area contributed by atoms with E-state index in [0.717, 1.165) is 24.2 Å². The molecule has 1 aliphatic heterocycles. The molecule has 2 aromatic carbocycles. The number of nitrogens with one attached hydrogen (secondary N) is 1. The number of ketones is 1. The minimum atomic E-state index is -0.495. The van der Waals surface area contributed by atoms with E-state index in [1.165, 1.54) is 18.5 Å². The number of hydrogen-bond acceptors (Lipinski definition) is 6. The lowest BCUT2D eigenvalue weighted by Gasteiger charge is -2.15. The molecule has 1 aliphatic carbocycles. The van der Waals surface area contributed by atoms with E-state index in [4.69, 9.17) is 21.1 Å². The van der Waals surface area contributed by atoms with Crippen LogP contribution in [0.4, 0.5) is 15.9 Å². The molecule has 1 saturated heterocycles. The van der Waals surface area contributed by atoms with Gasteiger partial charge in [-0.2, -0.15) is 0 Å². The maximum Gasteiger partial charge on any atom is 0.159 e. The summed E-state index contributed by atoms with van der Waals surface area (Å²) in [5.74, 6) is 2.29. The number of fused-ring (bicyclic) bond motifs is 2. The summed E-state index contributed by atoms with van der Waals surface area (Å²) < 4.78 is 25.2. The largest absolute Gasteiger partial charge is 0.493 e. The van der Waals surface area contributed by atoms with Crippen LogP contribution in [0.15, 0.2) is 48.8 Å². The zero-order chi connectivity index (χ0) is 23.7. The average Bonchev–Trinajstić information content (AvgIpc) is 3.24. The van der Waals surface area contributed by atoms with Crippen molar-refractivity contribution in [1.82, 2.24) is 9.97 Å². The summed E-state index contributed by atoms with van der Waals surface area (Å²) >= 11 is 9.22. The molecule has 0 amide bonds. The first kappa shape index (κ1) is 23.2. The molecule has 9 heteroatoms. The highest BCUT2D eigenvalue weighted by Gasteiger charge is 2.54. The highest BCUT2D eigenvalue weighted by Crippen LogP contribution is 2.50. The SMILES string of the molecule is O=C(/C=C/CBr)Cc1cc2c(Nc3ccc(F)c(Cl)c3)ncnc2cc1OCC1[C@H]2COC[C@@H]12. The van der Waals surface area contributed by atoms with Crippen LogP contribution in [0.1, 0.15) is 5.56 Å². The summed E-state index contributed by atoms with van der Waals surface area (Å²) in [6.45, 7) is 2.19. The minimum Gasteiger partial charge on any atom is -0.493 e. The van der Waals surface area contributed by atoms with Crippen LogP contribution in [-0.4, -0.2) is 40.9 Å². The molecule has 3 atom stereocenters. The number of rotatable bonds is 9. The van der Waals surface area contributed by atoms with Gasteiger partial charge in [0.15, 0.2) is 5.78 Å². The Morgan fingerprint density at radius 1 is 1.26 bits per heavy atom. The topological polar surface area (TPSA) is 73.3 Å². The van der Waals surface area contributed by atoms with Crippen LogP contribution >= 0.6 is 27.5 Å². The van der Waals surface area contributed by atoms with E-state index < -0.39 is 5.82 Å². The number of ether oxygens (including phenoxy) is 2. The van der Waals surface area contributed by atoms with Gasteiger partial charge >= 0.3 is 0 Å². The third-order valence-electron chi connectivity index (χ3n) is 6.32. The number of aromatic nitrogens is 2. The Balaban J connectivity index is 1.46. The van der Waals surface area contributed by atoms with E-state index in [1.807, 2.05) is 12.1 Å². The standard InChI is InChI=1S/C25H22BrClFN3O3/c26-5-1-2-16(32)6-14-7-17-23(9-24(14)34-12-20-18-10-33-11-19(18)20)29-13-30-25(17)31-15-3-4-22(28)21(27)8-15/h1-4,7-9,13,18-20H,5-6,10-12H2,(H,29,30,31)/b2-1+/t18-,19+,20?. The summed E-state index contributed by atoms with van der Waals surface area (Å²) in [4.78, 5) is 21.3. The number of anilines is 2. The van der Waals surface area contributed by atoms with Crippen molar-refractivity contribution in [1.29, 1.82) is 0 Å². The lowest BCUT2D eigenvalue weighted by atomic mass is 10.0. The van der Waals surface area contributed by atoms with Crippen molar-refractivity contribution in [2.24, 2.45) is 17.8 Å². The van der Waals surface area contributed by atoms with Gasteiger partial charge in [0.2, 0.25) is 0 Å². The van der Waals surface area contributed by atoms with Gasteiger partial charge in [-0.1, -0.05) is 33.6 Å². The molecule has 0 bridgehead atoms. The summed E-state index contributed by atoms with van der Waals surface area (Å²) in [6.07, 6.45) is 4.97. The number of carbonyl (C=O) groups is 1. The third kappa shape index (κ3) is 4.94. The Kier molecular flexibility index (Phi) is 6.81. The van der Waals surface area contributed by atoms with Crippen molar-refractivity contribution < 1.29 is 18.7 Å². The summed E-state index contributed by atoms with van der Waals surface area (Å²) in [7, 11) is 0. The molecule has 0 radical (unpaired) electrons. The van der Waals surface area contributed by atoms with Crippen molar-refractivity contribution in [3.05, 3.63) is 65.2 Å². The van der Waals surface area contributed by atoms with Crippen LogP contribution in [0.2, 0.25) is 5.02 Å². The van der Waals surface area contributed by atoms with Crippen LogP contribution in [0.3, 0.4) is 0 Å². The predicted molar refractivity (Wildman–Crippen MR) is 133 cm³/mol. The van der Waals surface area contributed by atoms with Crippen molar-refractivity contribution in [2.75, 3.05) is 30.5 Å². The van der Waals surface area contributed by atoms with Gasteiger partial charge < -0.3 is 14.8 Å². The van der Waals surface area contributed by atoms with Crippen LogP contribution in [0.25, 0.3) is 10.9 Å². The average molecular weight is 547 g/mol. The van der Waals surface area contributed by atoms with E-state index >= 15 is 0 Å². The van der Waals surface area contributed by atoms with Crippen molar-refractivity contribution in [2.45, 2.75) is 6.42 Å². The Labute approximate surface area is 209 Å². The molecule has 0 spiro atoms. The molecular formula is C25H22BrClFN3O3. The second-order valence-electron chi connectivity index (χ2n) is 8.49. The molecule has 176 valence electrons. The lowest BCUT2D eigenvalue weighted by molar-refractivity contribution is -0.114. The number of allylic oxidation sites excluding steroid dienone is 2. The summed E-state index contributed by atoms with van der Waals surface area (Å²) in [5, 5.41) is 4.51. The van der Waals surface area contributed by atoms with Gasteiger partial charge in [0.05, 0.1) is 30.4 Å². The Morgan fingerprint density at radius 2 is 2.09 bits per heavy atom. The molecule has 2 aliphatic rings. The van der Waals surface area contributed by atoms with Gasteiger partial charge in [-0.15, -0.1) is 0 Å². The molecule has 2 fully saturated rings. The fourth-order valence-electron chi connectivity index (χ4n) is 4.43. The molecule has 6 nitrogen and oxygen atoms in total. The number of alkyl halides is 1. The van der Waals surface area contributed by atoms with Gasteiger partial charge in [0, 0.05) is 40.4 Å². The number of halogens is 3. The minimum absolute atomic E-state index is 0.0131. The fraction of sp³-hybridized carbons (Fsp3) is 0.320. The zero-order valence-corrected chi connectivity index (χ0v) is 20.5. The van der Waals surface area contributed by atoms with E-state index in [1.54, 1.807) is 18.2 Å². The monoisotopic (exact) mass is 545 g/mol. The Hall–Kier alpha value is -2.55. The number of nitrogens with zero attached hydrogens (tertiary/aromatic N) is 2. The zero-order valence-electron chi connectivity index (χ0n) is 18.1. The van der Waals surface area contributed by atoms with Gasteiger partial charge in [0.25, 0.3) is 0 Å². The maximum absolute atomic E-state index is 13.6. The smallest absolute Gasteiger partial charge is 0.159 e. The van der Waals surface area contributed by atoms with Gasteiger partial charge in [0.1, 0.15) is 23.7 Å². The highest BCUT2D eigenvalue weighted by molar-refractivity contribution is 9.09. The Bertz CT molecular complexity index is 1260. The van der Waals surface area contributed by atoms with E-state index in [2.05, 4.69) is 31.2 Å². The van der Waals surface area contributed by atoms with E-state index in [0.29, 0.717) is 52.5 Å². The van der Waals surface area contributed by atoms with Crippen LogP contribution in [0.5, 0.6) is 5.75 Å². The molecule has 1 N–H and O–H groups in total. The molecule has 2 heterocycles. The van der Waals surface area contributed by atoms with Crippen LogP contribution in [-0.2, 0) is 16.0 Å². The van der Waals surface area contributed by atoms with Gasteiger partial charge in [-0.25, -0.2) is 14.4 Å². The number of carbonyl (C=O) groups excluding carboxylic acids is 1. The van der Waals surface area contributed by atoms with E-state index in [9.17, 15) is 9.18 Å². The molecule has 5 rings (SSSR count). The second kappa shape index (κ2) is 9.98. The van der Waals surface area contributed by atoms with Crippen molar-refractivity contribution >= 4 is 55.7 Å². The molecular weight excluding hydrogens is 525 g/mol. The second-order valence-corrected chi connectivity index (χ2v) is 9.55. The normalized spacial score (nSPS) is 21.1. The quantitative estimate of drug-likeness (QED) is 0.282. The first-order valence-electron chi connectivity index (χ1n) is 11.0. The molecule has 1 saturated carbocycles. The van der Waals surface area contributed by atoms with E-state index in [-0.39, 0.29) is 17.2 Å².